The molecule has 1 aromatic rings. The van der Waals surface area contributed by atoms with E-state index in [-0.39, 0.29) is 6.61 Å². The lowest BCUT2D eigenvalue weighted by Gasteiger charge is -2.21. The van der Waals surface area contributed by atoms with E-state index in [1.54, 1.807) is 26.0 Å². The van der Waals surface area contributed by atoms with Crippen molar-refractivity contribution in [1.29, 1.82) is 0 Å². The van der Waals surface area contributed by atoms with Crippen molar-refractivity contribution >= 4 is 17.6 Å². The Labute approximate surface area is 131 Å². The van der Waals surface area contributed by atoms with Crippen LogP contribution in [0, 0.1) is 11.3 Å². The standard InChI is InChI=1S/C16H24ClNO3/c1-11(2)8-18-9-12-7-13(17)5-6-14(12)21-10-16(3,4)15(19)20/h5-7,11,18H,8-10H2,1-4H3,(H,19,20). The summed E-state index contributed by atoms with van der Waals surface area (Å²) in [7, 11) is 0. The van der Waals surface area contributed by atoms with Crippen LogP contribution in [0.15, 0.2) is 18.2 Å². The summed E-state index contributed by atoms with van der Waals surface area (Å²) in [4.78, 5) is 11.1. The van der Waals surface area contributed by atoms with Gasteiger partial charge < -0.3 is 15.2 Å². The van der Waals surface area contributed by atoms with E-state index in [1.807, 2.05) is 6.07 Å². The molecule has 2 N–H and O–H groups in total. The van der Waals surface area contributed by atoms with Gasteiger partial charge in [0.25, 0.3) is 0 Å². The fraction of sp³-hybridized carbons (Fsp3) is 0.562. The van der Waals surface area contributed by atoms with E-state index in [2.05, 4.69) is 19.2 Å². The average molecular weight is 314 g/mol. The van der Waals surface area contributed by atoms with Crippen molar-refractivity contribution in [3.05, 3.63) is 28.8 Å². The van der Waals surface area contributed by atoms with E-state index >= 15 is 0 Å². The van der Waals surface area contributed by atoms with Crippen LogP contribution in [0.4, 0.5) is 0 Å². The Kier molecular flexibility index (Phi) is 6.49. The van der Waals surface area contributed by atoms with Crippen molar-refractivity contribution in [3.63, 3.8) is 0 Å². The number of carboxylic acids is 1. The second-order valence-electron chi connectivity index (χ2n) is 6.25. The van der Waals surface area contributed by atoms with Gasteiger partial charge in [-0.1, -0.05) is 25.4 Å². The van der Waals surface area contributed by atoms with Crippen LogP contribution in [-0.2, 0) is 11.3 Å². The summed E-state index contributed by atoms with van der Waals surface area (Å²) in [5, 5.41) is 13.1. The highest BCUT2D eigenvalue weighted by Crippen LogP contribution is 2.25. The van der Waals surface area contributed by atoms with Crippen LogP contribution in [0.2, 0.25) is 5.02 Å². The number of aliphatic carboxylic acids is 1. The maximum absolute atomic E-state index is 11.1. The van der Waals surface area contributed by atoms with Crippen molar-refractivity contribution in [2.45, 2.75) is 34.2 Å². The number of benzene rings is 1. The second-order valence-corrected chi connectivity index (χ2v) is 6.69. The molecule has 0 unspecified atom stereocenters. The number of rotatable bonds is 8. The minimum absolute atomic E-state index is 0.112. The summed E-state index contributed by atoms with van der Waals surface area (Å²) in [6, 6.07) is 5.38. The van der Waals surface area contributed by atoms with Crippen molar-refractivity contribution in [1.82, 2.24) is 5.32 Å². The zero-order valence-corrected chi connectivity index (χ0v) is 13.8. The van der Waals surface area contributed by atoms with Crippen LogP contribution in [0.1, 0.15) is 33.3 Å². The normalized spacial score (nSPS) is 11.7. The lowest BCUT2D eigenvalue weighted by Crippen LogP contribution is -2.31. The van der Waals surface area contributed by atoms with Crippen LogP contribution < -0.4 is 10.1 Å². The summed E-state index contributed by atoms with van der Waals surface area (Å²) in [6.07, 6.45) is 0. The Morgan fingerprint density at radius 3 is 2.67 bits per heavy atom. The number of carbonyl (C=O) groups is 1. The Morgan fingerprint density at radius 2 is 2.10 bits per heavy atom. The molecule has 0 fully saturated rings. The second kappa shape index (κ2) is 7.66. The largest absolute Gasteiger partial charge is 0.492 e. The zero-order valence-electron chi connectivity index (χ0n) is 13.1. The molecule has 1 aromatic carbocycles. The van der Waals surface area contributed by atoms with Gasteiger partial charge in [0, 0.05) is 17.1 Å². The number of ether oxygens (including phenoxy) is 1. The molecule has 118 valence electrons. The summed E-state index contributed by atoms with van der Waals surface area (Å²) < 4.78 is 5.70. The molecule has 0 aliphatic carbocycles. The van der Waals surface area contributed by atoms with E-state index in [1.165, 1.54) is 0 Å². The molecule has 5 heteroatoms. The Bertz CT molecular complexity index is 486. The third-order valence-corrected chi connectivity index (χ3v) is 3.29. The predicted molar refractivity (Wildman–Crippen MR) is 84.9 cm³/mol. The third-order valence-electron chi connectivity index (χ3n) is 3.06. The lowest BCUT2D eigenvalue weighted by molar-refractivity contribution is -0.148. The quantitative estimate of drug-likeness (QED) is 0.770. The van der Waals surface area contributed by atoms with Crippen LogP contribution in [0.5, 0.6) is 5.75 Å². The predicted octanol–water partition coefficient (Wildman–Crippen LogP) is 3.58. The van der Waals surface area contributed by atoms with E-state index in [4.69, 9.17) is 21.4 Å². The molecule has 21 heavy (non-hydrogen) atoms. The van der Waals surface area contributed by atoms with Gasteiger partial charge in [-0.25, -0.2) is 0 Å². The molecule has 0 saturated heterocycles. The topological polar surface area (TPSA) is 58.6 Å². The summed E-state index contributed by atoms with van der Waals surface area (Å²) >= 11 is 6.02. The van der Waals surface area contributed by atoms with Crippen molar-refractivity contribution < 1.29 is 14.6 Å². The molecule has 0 bridgehead atoms. The first-order chi connectivity index (χ1) is 9.72. The Hall–Kier alpha value is -1.26. The molecule has 0 aromatic heterocycles. The van der Waals surface area contributed by atoms with Crippen LogP contribution in [0.3, 0.4) is 0 Å². The summed E-state index contributed by atoms with van der Waals surface area (Å²) in [5.41, 5.74) is 0.00627. The number of hydrogen-bond donors (Lipinski definition) is 2. The van der Waals surface area contributed by atoms with Crippen LogP contribution in [0.25, 0.3) is 0 Å². The molecular formula is C16H24ClNO3. The molecule has 1 rings (SSSR count). The number of hydrogen-bond acceptors (Lipinski definition) is 3. The minimum Gasteiger partial charge on any atom is -0.492 e. The number of halogens is 1. The maximum atomic E-state index is 11.1. The third kappa shape index (κ3) is 5.94. The fourth-order valence-corrected chi connectivity index (χ4v) is 1.84. The number of carboxylic acid groups (broad SMARTS) is 1. The van der Waals surface area contributed by atoms with E-state index < -0.39 is 11.4 Å². The molecule has 0 heterocycles. The van der Waals surface area contributed by atoms with Gasteiger partial charge in [-0.05, 0) is 44.5 Å². The molecule has 0 aliphatic heterocycles. The molecule has 0 aliphatic rings. The van der Waals surface area contributed by atoms with E-state index in [0.29, 0.717) is 23.2 Å². The fourth-order valence-electron chi connectivity index (χ4n) is 1.64. The van der Waals surface area contributed by atoms with Crippen molar-refractivity contribution in [2.24, 2.45) is 11.3 Å². The monoisotopic (exact) mass is 313 g/mol. The molecule has 0 amide bonds. The first-order valence-corrected chi connectivity index (χ1v) is 7.45. The highest BCUT2D eigenvalue weighted by molar-refractivity contribution is 6.30. The van der Waals surface area contributed by atoms with Gasteiger partial charge in [0.1, 0.15) is 12.4 Å². The van der Waals surface area contributed by atoms with Gasteiger partial charge in [-0.3, -0.25) is 4.79 Å². The summed E-state index contributed by atoms with van der Waals surface area (Å²) in [5.74, 6) is 0.348. The van der Waals surface area contributed by atoms with E-state index in [0.717, 1.165) is 12.1 Å². The first kappa shape index (κ1) is 17.8. The van der Waals surface area contributed by atoms with Gasteiger partial charge in [0.15, 0.2) is 0 Å². The molecule has 4 nitrogen and oxygen atoms in total. The van der Waals surface area contributed by atoms with Gasteiger partial charge >= 0.3 is 5.97 Å². The van der Waals surface area contributed by atoms with Crippen LogP contribution in [-0.4, -0.2) is 24.2 Å². The highest BCUT2D eigenvalue weighted by Gasteiger charge is 2.28. The molecular weight excluding hydrogens is 290 g/mol. The van der Waals surface area contributed by atoms with E-state index in [9.17, 15) is 4.79 Å². The van der Waals surface area contributed by atoms with Gasteiger partial charge in [0.05, 0.1) is 5.41 Å². The smallest absolute Gasteiger partial charge is 0.312 e. The molecule has 0 radical (unpaired) electrons. The molecule has 0 spiro atoms. The SMILES string of the molecule is CC(C)CNCc1cc(Cl)ccc1OCC(C)(C)C(=O)O. The van der Waals surface area contributed by atoms with Gasteiger partial charge in [-0.2, -0.15) is 0 Å². The molecule has 0 saturated carbocycles. The molecule has 0 atom stereocenters. The van der Waals surface area contributed by atoms with Gasteiger partial charge in [0.2, 0.25) is 0 Å². The Balaban J connectivity index is 2.74. The van der Waals surface area contributed by atoms with Gasteiger partial charge in [-0.15, -0.1) is 0 Å². The van der Waals surface area contributed by atoms with Crippen molar-refractivity contribution in [3.8, 4) is 5.75 Å². The first-order valence-electron chi connectivity index (χ1n) is 7.07. The zero-order chi connectivity index (χ0) is 16.0. The number of nitrogens with one attached hydrogen (secondary N) is 1. The Morgan fingerprint density at radius 1 is 1.43 bits per heavy atom. The minimum atomic E-state index is -0.928. The van der Waals surface area contributed by atoms with Crippen molar-refractivity contribution in [2.75, 3.05) is 13.2 Å². The lowest BCUT2D eigenvalue weighted by atomic mass is 9.95. The van der Waals surface area contributed by atoms with Crippen LogP contribution >= 0.6 is 11.6 Å². The summed E-state index contributed by atoms with van der Waals surface area (Å²) in [6.45, 7) is 9.20. The highest BCUT2D eigenvalue weighted by atomic mass is 35.5. The maximum Gasteiger partial charge on any atom is 0.312 e. The average Bonchev–Trinajstić information content (AvgIpc) is 2.37.